The number of anilines is 1. The molecule has 0 unspecified atom stereocenters. The summed E-state index contributed by atoms with van der Waals surface area (Å²) in [5.41, 5.74) is 1.61. The van der Waals surface area contributed by atoms with E-state index in [0.717, 1.165) is 17.3 Å². The molecule has 1 aliphatic heterocycles. The van der Waals surface area contributed by atoms with E-state index < -0.39 is 11.7 Å². The Morgan fingerprint density at radius 3 is 2.55 bits per heavy atom. The van der Waals surface area contributed by atoms with Crippen molar-refractivity contribution >= 4 is 34.7 Å². The molecular weight excluding hydrogens is 331 g/mol. The molecule has 0 bridgehead atoms. The van der Waals surface area contributed by atoms with Crippen LogP contribution in [0.25, 0.3) is 5.70 Å². The van der Waals surface area contributed by atoms with Gasteiger partial charge in [0.1, 0.15) is 0 Å². The fourth-order valence-electron chi connectivity index (χ4n) is 2.26. The number of thioether (sulfide) groups is 1. The first-order valence-corrected chi connectivity index (χ1v) is 7.90. The molecule has 2 aromatic rings. The number of hydrogen-bond acceptors (Lipinski definition) is 2. The van der Waals surface area contributed by atoms with Crippen molar-refractivity contribution in [1.82, 2.24) is 0 Å². The minimum atomic E-state index is -4.34. The highest BCUT2D eigenvalue weighted by atomic mass is 35.5. The monoisotopic (exact) mass is 341 g/mol. The van der Waals surface area contributed by atoms with Gasteiger partial charge in [-0.25, -0.2) is 0 Å². The molecule has 0 aliphatic carbocycles. The molecule has 3 rings (SSSR count). The van der Waals surface area contributed by atoms with E-state index in [0.29, 0.717) is 16.6 Å². The Bertz CT molecular complexity index is 727. The van der Waals surface area contributed by atoms with Gasteiger partial charge >= 0.3 is 6.18 Å². The third kappa shape index (κ3) is 3.10. The molecule has 0 N–H and O–H groups in total. The van der Waals surface area contributed by atoms with Crippen LogP contribution in [0.15, 0.2) is 53.9 Å². The van der Waals surface area contributed by atoms with Gasteiger partial charge in [-0.2, -0.15) is 13.2 Å². The maximum atomic E-state index is 12.9. The predicted molar refractivity (Wildman–Crippen MR) is 85.8 cm³/mol. The third-order valence-electron chi connectivity index (χ3n) is 3.29. The quantitative estimate of drug-likeness (QED) is 0.672. The molecule has 1 heterocycles. The summed E-state index contributed by atoms with van der Waals surface area (Å²) in [4.78, 5) is 1.85. The second-order valence-corrected chi connectivity index (χ2v) is 6.05. The van der Waals surface area contributed by atoms with Crippen LogP contribution in [-0.4, -0.2) is 5.88 Å². The van der Waals surface area contributed by atoms with Gasteiger partial charge in [0.2, 0.25) is 0 Å². The van der Waals surface area contributed by atoms with Crippen molar-refractivity contribution in [3.63, 3.8) is 0 Å². The van der Waals surface area contributed by atoms with E-state index in [1.165, 1.54) is 23.9 Å². The maximum Gasteiger partial charge on any atom is 0.416 e. The standard InChI is InChI=1S/C16H11ClF3NS/c17-13-5-1-3-11(7-13)15-9-22-10-21(15)14-6-2-4-12(8-14)16(18,19)20/h1-9H,10H2. The summed E-state index contributed by atoms with van der Waals surface area (Å²) in [7, 11) is 0. The van der Waals surface area contributed by atoms with Gasteiger partial charge in [0.15, 0.2) is 0 Å². The largest absolute Gasteiger partial charge is 0.416 e. The van der Waals surface area contributed by atoms with Crippen molar-refractivity contribution in [2.24, 2.45) is 0 Å². The second kappa shape index (κ2) is 5.89. The van der Waals surface area contributed by atoms with Gasteiger partial charge in [0.25, 0.3) is 0 Å². The zero-order valence-electron chi connectivity index (χ0n) is 11.3. The summed E-state index contributed by atoms with van der Waals surface area (Å²) in [6, 6.07) is 12.6. The van der Waals surface area contributed by atoms with Gasteiger partial charge in [-0.1, -0.05) is 29.8 Å². The van der Waals surface area contributed by atoms with E-state index in [-0.39, 0.29) is 0 Å². The van der Waals surface area contributed by atoms with Crippen molar-refractivity contribution < 1.29 is 13.2 Å². The smallest absolute Gasteiger partial charge is 0.330 e. The van der Waals surface area contributed by atoms with Crippen LogP contribution in [0.2, 0.25) is 5.02 Å². The van der Waals surface area contributed by atoms with Gasteiger partial charge in [-0.15, -0.1) is 11.8 Å². The topological polar surface area (TPSA) is 3.24 Å². The van der Waals surface area contributed by atoms with Crippen molar-refractivity contribution in [3.05, 3.63) is 70.1 Å². The lowest BCUT2D eigenvalue weighted by atomic mass is 10.1. The lowest BCUT2D eigenvalue weighted by Crippen LogP contribution is -2.17. The predicted octanol–water partition coefficient (Wildman–Crippen LogP) is 5.87. The zero-order valence-corrected chi connectivity index (χ0v) is 12.8. The molecule has 0 saturated carbocycles. The van der Waals surface area contributed by atoms with Gasteiger partial charge in [-0.3, -0.25) is 0 Å². The molecule has 1 nitrogen and oxygen atoms in total. The highest BCUT2D eigenvalue weighted by Gasteiger charge is 2.31. The van der Waals surface area contributed by atoms with E-state index in [2.05, 4.69) is 0 Å². The van der Waals surface area contributed by atoms with Crippen LogP contribution in [-0.2, 0) is 6.18 Å². The highest BCUT2D eigenvalue weighted by Crippen LogP contribution is 2.38. The van der Waals surface area contributed by atoms with E-state index in [1.807, 2.05) is 22.4 Å². The number of halogens is 4. The normalized spacial score (nSPS) is 15.1. The third-order valence-corrected chi connectivity index (χ3v) is 4.33. The van der Waals surface area contributed by atoms with Crippen LogP contribution >= 0.6 is 23.4 Å². The molecule has 0 aromatic heterocycles. The number of benzene rings is 2. The lowest BCUT2D eigenvalue weighted by molar-refractivity contribution is -0.137. The molecule has 0 fully saturated rings. The SMILES string of the molecule is FC(F)(F)c1cccc(N2CSC=C2c2cccc(Cl)c2)c1. The molecule has 2 aromatic carbocycles. The molecule has 1 aliphatic rings. The van der Waals surface area contributed by atoms with Crippen LogP contribution in [0.3, 0.4) is 0 Å². The summed E-state index contributed by atoms with van der Waals surface area (Å²) in [5.74, 6) is 0.573. The highest BCUT2D eigenvalue weighted by molar-refractivity contribution is 8.02. The first-order chi connectivity index (χ1) is 10.4. The molecule has 6 heteroatoms. The van der Waals surface area contributed by atoms with Gasteiger partial charge in [-0.05, 0) is 35.7 Å². The van der Waals surface area contributed by atoms with Gasteiger partial charge in [0.05, 0.1) is 17.1 Å². The van der Waals surface area contributed by atoms with Crippen LogP contribution in [0.4, 0.5) is 18.9 Å². The Kier molecular flexibility index (Phi) is 4.10. The van der Waals surface area contributed by atoms with Crippen molar-refractivity contribution in [1.29, 1.82) is 0 Å². The average Bonchev–Trinajstić information content (AvgIpc) is 2.96. The molecule has 0 amide bonds. The van der Waals surface area contributed by atoms with Crippen LogP contribution < -0.4 is 4.90 Å². The van der Waals surface area contributed by atoms with E-state index >= 15 is 0 Å². The first-order valence-electron chi connectivity index (χ1n) is 6.48. The molecule has 114 valence electrons. The summed E-state index contributed by atoms with van der Waals surface area (Å²) in [5, 5.41) is 2.53. The van der Waals surface area contributed by atoms with Gasteiger partial charge in [0, 0.05) is 16.3 Å². The summed E-state index contributed by atoms with van der Waals surface area (Å²) in [6.45, 7) is 0. The van der Waals surface area contributed by atoms with Crippen molar-refractivity contribution in [2.45, 2.75) is 6.18 Å². The number of alkyl halides is 3. The zero-order chi connectivity index (χ0) is 15.7. The summed E-state index contributed by atoms with van der Waals surface area (Å²) >= 11 is 7.54. The molecule has 22 heavy (non-hydrogen) atoms. The molecule has 0 radical (unpaired) electrons. The Labute approximate surface area is 135 Å². The fraction of sp³-hybridized carbons (Fsp3) is 0.125. The molecule has 0 saturated heterocycles. The van der Waals surface area contributed by atoms with Crippen LogP contribution in [0, 0.1) is 0 Å². The number of rotatable bonds is 2. The minimum Gasteiger partial charge on any atom is -0.330 e. The first kappa shape index (κ1) is 15.3. The van der Waals surface area contributed by atoms with E-state index in [9.17, 15) is 13.2 Å². The Hall–Kier alpha value is -1.59. The summed E-state index contributed by atoms with van der Waals surface area (Å²) in [6.07, 6.45) is -4.34. The van der Waals surface area contributed by atoms with Crippen molar-refractivity contribution in [2.75, 3.05) is 10.8 Å². The minimum absolute atomic E-state index is 0.519. The molecular formula is C16H11ClF3NS. The Balaban J connectivity index is 1.97. The van der Waals surface area contributed by atoms with E-state index in [1.54, 1.807) is 18.2 Å². The molecule has 0 atom stereocenters. The Morgan fingerprint density at radius 1 is 1.05 bits per heavy atom. The Morgan fingerprint density at radius 2 is 1.82 bits per heavy atom. The van der Waals surface area contributed by atoms with Gasteiger partial charge < -0.3 is 4.90 Å². The fourth-order valence-corrected chi connectivity index (χ4v) is 3.38. The summed E-state index contributed by atoms with van der Waals surface area (Å²) < 4.78 is 38.6. The number of hydrogen-bond donors (Lipinski definition) is 0. The number of nitrogens with zero attached hydrogens (tertiary/aromatic N) is 1. The van der Waals surface area contributed by atoms with Crippen molar-refractivity contribution in [3.8, 4) is 0 Å². The second-order valence-electron chi connectivity index (χ2n) is 4.79. The van der Waals surface area contributed by atoms with E-state index in [4.69, 9.17) is 11.6 Å². The van der Waals surface area contributed by atoms with Crippen LogP contribution in [0.5, 0.6) is 0 Å². The molecule has 0 spiro atoms. The average molecular weight is 342 g/mol. The van der Waals surface area contributed by atoms with Crippen LogP contribution in [0.1, 0.15) is 11.1 Å². The lowest BCUT2D eigenvalue weighted by Gasteiger charge is -2.23. The maximum absolute atomic E-state index is 12.9.